The van der Waals surface area contributed by atoms with Gasteiger partial charge in [0, 0.05) is 43.2 Å². The van der Waals surface area contributed by atoms with Crippen molar-refractivity contribution in [3.05, 3.63) is 29.4 Å². The molecule has 2 saturated carbocycles. The fraction of sp³-hybridized carbons (Fsp3) is 0.619. The second-order valence-electron chi connectivity index (χ2n) is 9.20. The zero-order valence-electron chi connectivity index (χ0n) is 17.2. The van der Waals surface area contributed by atoms with E-state index in [1.54, 1.807) is 18.6 Å². The monoisotopic (exact) mass is 460 g/mol. The van der Waals surface area contributed by atoms with E-state index in [2.05, 4.69) is 24.8 Å². The van der Waals surface area contributed by atoms with Crippen molar-refractivity contribution >= 4 is 34.2 Å². The van der Waals surface area contributed by atoms with Crippen LogP contribution in [0, 0.1) is 5.92 Å². The molecule has 4 atom stereocenters. The Morgan fingerprint density at radius 1 is 1.19 bits per heavy atom. The van der Waals surface area contributed by atoms with E-state index in [4.69, 9.17) is 16.6 Å². The normalized spacial score (nSPS) is 30.9. The Balaban J connectivity index is 1.28. The van der Waals surface area contributed by atoms with Crippen LogP contribution in [0.2, 0.25) is 5.02 Å². The predicted octanol–water partition coefficient (Wildman–Crippen LogP) is 2.14. The van der Waals surface area contributed by atoms with Crippen molar-refractivity contribution in [2.75, 3.05) is 35.2 Å². The van der Waals surface area contributed by atoms with Crippen LogP contribution in [-0.2, 0) is 10.8 Å². The minimum atomic E-state index is -1.09. The number of aliphatic hydroxyl groups excluding tert-OH is 1. The fourth-order valence-electron chi connectivity index (χ4n) is 5.82. The first kappa shape index (κ1) is 19.8. The summed E-state index contributed by atoms with van der Waals surface area (Å²) in [4.78, 5) is 23.7. The Labute approximate surface area is 188 Å². The second kappa shape index (κ2) is 7.35. The van der Waals surface area contributed by atoms with Crippen LogP contribution in [-0.4, -0.2) is 66.3 Å². The molecule has 2 bridgehead atoms. The lowest BCUT2D eigenvalue weighted by Crippen LogP contribution is -2.59. The lowest BCUT2D eigenvalue weighted by atomic mass is 9.76. The van der Waals surface area contributed by atoms with Gasteiger partial charge in [-0.1, -0.05) is 11.6 Å². The van der Waals surface area contributed by atoms with Crippen molar-refractivity contribution in [2.45, 2.75) is 54.5 Å². The molecule has 6 rings (SSSR count). The first-order chi connectivity index (χ1) is 15.1. The molecule has 1 N–H and O–H groups in total. The van der Waals surface area contributed by atoms with Crippen molar-refractivity contribution in [1.29, 1.82) is 0 Å². The summed E-state index contributed by atoms with van der Waals surface area (Å²) in [5.74, 6) is 3.70. The second-order valence-corrected chi connectivity index (χ2v) is 11.2. The standard InChI is InChI=1S/C21H25ClN6O2S/c22-14-8-23-18(24-9-14)16-7-15-6-13(16)11-27(15)20-25-10-17-19(26-20)28(4-5-31(17)30)21(12-29)2-1-3-21/h8-10,13,15-16,29H,1-7,11-12H2. The Kier molecular flexibility index (Phi) is 4.70. The van der Waals surface area contributed by atoms with Crippen molar-refractivity contribution in [3.63, 3.8) is 0 Å². The molecule has 2 aromatic heterocycles. The molecule has 0 spiro atoms. The molecular weight excluding hydrogens is 436 g/mol. The van der Waals surface area contributed by atoms with Crippen LogP contribution in [0.25, 0.3) is 0 Å². The van der Waals surface area contributed by atoms with Gasteiger partial charge in [0.2, 0.25) is 5.95 Å². The Morgan fingerprint density at radius 3 is 2.65 bits per heavy atom. The van der Waals surface area contributed by atoms with E-state index in [1.807, 2.05) is 0 Å². The summed E-state index contributed by atoms with van der Waals surface area (Å²) in [6.07, 6.45) is 10.2. The molecule has 0 aromatic carbocycles. The molecule has 164 valence electrons. The minimum Gasteiger partial charge on any atom is -0.394 e. The van der Waals surface area contributed by atoms with E-state index < -0.39 is 10.8 Å². The molecule has 0 radical (unpaired) electrons. The van der Waals surface area contributed by atoms with Gasteiger partial charge in [-0.05, 0) is 38.0 Å². The van der Waals surface area contributed by atoms with Crippen molar-refractivity contribution in [2.24, 2.45) is 5.92 Å². The first-order valence-corrected chi connectivity index (χ1v) is 12.7. The molecule has 2 aliphatic heterocycles. The molecule has 3 fully saturated rings. The van der Waals surface area contributed by atoms with E-state index in [-0.39, 0.29) is 12.1 Å². The molecule has 10 heteroatoms. The number of halogens is 1. The molecule has 8 nitrogen and oxygen atoms in total. The molecule has 4 heterocycles. The van der Waals surface area contributed by atoms with Gasteiger partial charge in [-0.3, -0.25) is 4.21 Å². The number of anilines is 2. The number of aromatic nitrogens is 4. The third-order valence-electron chi connectivity index (χ3n) is 7.65. The number of piperidine rings is 1. The number of hydrogen-bond donors (Lipinski definition) is 1. The quantitative estimate of drug-likeness (QED) is 0.741. The van der Waals surface area contributed by atoms with Gasteiger partial charge in [-0.25, -0.2) is 15.0 Å². The first-order valence-electron chi connectivity index (χ1n) is 11.0. The van der Waals surface area contributed by atoms with Crippen LogP contribution in [0.3, 0.4) is 0 Å². The minimum absolute atomic E-state index is 0.107. The fourth-order valence-corrected chi connectivity index (χ4v) is 7.02. The third-order valence-corrected chi connectivity index (χ3v) is 9.17. The summed E-state index contributed by atoms with van der Waals surface area (Å²) < 4.78 is 12.6. The van der Waals surface area contributed by atoms with Crippen LogP contribution >= 0.6 is 11.6 Å². The van der Waals surface area contributed by atoms with Gasteiger partial charge < -0.3 is 14.9 Å². The van der Waals surface area contributed by atoms with Crippen LogP contribution in [0.5, 0.6) is 0 Å². The van der Waals surface area contributed by atoms with E-state index in [0.29, 0.717) is 46.0 Å². The highest BCUT2D eigenvalue weighted by atomic mass is 35.5. The maximum atomic E-state index is 12.6. The van der Waals surface area contributed by atoms with Gasteiger partial charge in [-0.2, -0.15) is 4.98 Å². The van der Waals surface area contributed by atoms with Crippen LogP contribution < -0.4 is 9.80 Å². The van der Waals surface area contributed by atoms with E-state index in [1.165, 1.54) is 0 Å². The zero-order chi connectivity index (χ0) is 21.2. The molecule has 1 saturated heterocycles. The van der Waals surface area contributed by atoms with E-state index in [9.17, 15) is 9.32 Å². The predicted molar refractivity (Wildman–Crippen MR) is 118 cm³/mol. The summed E-state index contributed by atoms with van der Waals surface area (Å²) in [5, 5.41) is 10.7. The van der Waals surface area contributed by atoms with Crippen molar-refractivity contribution < 1.29 is 9.32 Å². The van der Waals surface area contributed by atoms with Gasteiger partial charge in [0.15, 0.2) is 5.82 Å². The number of rotatable bonds is 4. The summed E-state index contributed by atoms with van der Waals surface area (Å²) in [5.41, 5.74) is -0.258. The van der Waals surface area contributed by atoms with Crippen molar-refractivity contribution in [1.82, 2.24) is 19.9 Å². The van der Waals surface area contributed by atoms with Crippen LogP contribution in [0.1, 0.15) is 43.8 Å². The van der Waals surface area contributed by atoms with Gasteiger partial charge in [-0.15, -0.1) is 0 Å². The molecule has 2 aliphatic carbocycles. The third kappa shape index (κ3) is 3.08. The van der Waals surface area contributed by atoms with Crippen LogP contribution in [0.15, 0.2) is 23.5 Å². The van der Waals surface area contributed by atoms with Gasteiger partial charge >= 0.3 is 0 Å². The zero-order valence-corrected chi connectivity index (χ0v) is 18.7. The number of nitrogens with zero attached hydrogens (tertiary/aromatic N) is 6. The highest BCUT2D eigenvalue weighted by molar-refractivity contribution is 7.85. The molecular formula is C21H25ClN6O2S. The topological polar surface area (TPSA) is 95.3 Å². The van der Waals surface area contributed by atoms with Gasteiger partial charge in [0.25, 0.3) is 0 Å². The Morgan fingerprint density at radius 2 is 2.00 bits per heavy atom. The molecule has 2 aromatic rings. The maximum Gasteiger partial charge on any atom is 0.227 e. The Bertz CT molecular complexity index is 1030. The maximum absolute atomic E-state index is 12.6. The largest absolute Gasteiger partial charge is 0.394 e. The highest BCUT2D eigenvalue weighted by Crippen LogP contribution is 2.48. The lowest BCUT2D eigenvalue weighted by Gasteiger charge is -2.51. The highest BCUT2D eigenvalue weighted by Gasteiger charge is 2.48. The van der Waals surface area contributed by atoms with Crippen molar-refractivity contribution in [3.8, 4) is 0 Å². The number of hydrogen-bond acceptors (Lipinski definition) is 8. The SMILES string of the molecule is O=S1CCN(C2(CO)CCC2)c2nc(N3CC4CC3CC4c3ncc(Cl)cn3)ncc21. The molecule has 31 heavy (non-hydrogen) atoms. The summed E-state index contributed by atoms with van der Waals surface area (Å²) in [6.45, 7) is 1.64. The van der Waals surface area contributed by atoms with Gasteiger partial charge in [0.05, 0.1) is 39.1 Å². The Hall–Kier alpha value is -1.84. The van der Waals surface area contributed by atoms with E-state index in [0.717, 1.165) is 50.3 Å². The molecule has 4 unspecified atom stereocenters. The lowest BCUT2D eigenvalue weighted by molar-refractivity contribution is 0.115. The number of aliphatic hydroxyl groups is 1. The smallest absolute Gasteiger partial charge is 0.227 e. The molecule has 0 amide bonds. The van der Waals surface area contributed by atoms with E-state index >= 15 is 0 Å². The van der Waals surface area contributed by atoms with Gasteiger partial charge in [0.1, 0.15) is 5.82 Å². The average molecular weight is 461 g/mol. The number of fused-ring (bicyclic) bond motifs is 3. The summed E-state index contributed by atoms with van der Waals surface area (Å²) in [6, 6.07) is 0.352. The summed E-state index contributed by atoms with van der Waals surface area (Å²) in [7, 11) is -1.09. The molecule has 4 aliphatic rings. The summed E-state index contributed by atoms with van der Waals surface area (Å²) >= 11 is 5.95. The average Bonchev–Trinajstić information content (AvgIpc) is 3.36. The van der Waals surface area contributed by atoms with Crippen LogP contribution in [0.4, 0.5) is 11.8 Å².